The van der Waals surface area contributed by atoms with Crippen molar-refractivity contribution in [3.05, 3.63) is 14.7 Å². The van der Waals surface area contributed by atoms with Gasteiger partial charge in [0, 0.05) is 10.8 Å². The van der Waals surface area contributed by atoms with Crippen molar-refractivity contribution in [2.24, 2.45) is 0 Å². The van der Waals surface area contributed by atoms with Gasteiger partial charge < -0.3 is 0 Å². The first-order chi connectivity index (χ1) is 5.86. The van der Waals surface area contributed by atoms with E-state index < -0.39 is 0 Å². The van der Waals surface area contributed by atoms with Crippen LogP contribution in [-0.2, 0) is 0 Å². The number of piperazine rings is 1. The molecule has 0 saturated carbocycles. The lowest BCUT2D eigenvalue weighted by Crippen LogP contribution is -2.45. The lowest BCUT2D eigenvalue weighted by atomic mass is 10.4. The van der Waals surface area contributed by atoms with Crippen LogP contribution in [-0.4, -0.2) is 38.1 Å². The zero-order valence-electron chi connectivity index (χ0n) is 7.19. The van der Waals surface area contributed by atoms with Crippen LogP contribution in [0.5, 0.6) is 0 Å². The molecule has 0 atom stereocenters. The molecule has 2 nitrogen and oxygen atoms in total. The molecule has 12 heavy (non-hydrogen) atoms. The highest BCUT2D eigenvalue weighted by atomic mass is 32.2. The summed E-state index contributed by atoms with van der Waals surface area (Å²) < 4.78 is 3.94. The Kier molecular flexibility index (Phi) is 2.58. The van der Waals surface area contributed by atoms with Crippen molar-refractivity contribution in [3.8, 4) is 0 Å². The van der Waals surface area contributed by atoms with Crippen LogP contribution < -0.4 is 8.56 Å². The van der Waals surface area contributed by atoms with Crippen molar-refractivity contribution in [1.82, 2.24) is 9.48 Å². The molecule has 0 radical (unpaired) electrons. The quantitative estimate of drug-likeness (QED) is 0.555. The van der Waals surface area contributed by atoms with Crippen LogP contribution in [0.3, 0.4) is 0 Å². The molecule has 0 spiro atoms. The molecule has 1 fully saturated rings. The van der Waals surface area contributed by atoms with Gasteiger partial charge in [0.15, 0.2) is 13.1 Å². The van der Waals surface area contributed by atoms with E-state index in [1.165, 1.54) is 30.2 Å². The second-order valence-electron chi connectivity index (χ2n) is 3.06. The zero-order chi connectivity index (χ0) is 8.39. The van der Waals surface area contributed by atoms with E-state index in [4.69, 9.17) is 0 Å². The first kappa shape index (κ1) is 8.41. The van der Waals surface area contributed by atoms with Crippen molar-refractivity contribution in [1.29, 1.82) is 0 Å². The Morgan fingerprint density at radius 1 is 1.25 bits per heavy atom. The average Bonchev–Trinajstić information content (AvgIpc) is 2.58. The SMILES string of the molecule is CN1CC[N+](=c2sccs2)CC1. The molecule has 0 aromatic carbocycles. The van der Waals surface area contributed by atoms with Crippen LogP contribution in [0, 0.1) is 0 Å². The van der Waals surface area contributed by atoms with E-state index >= 15 is 0 Å². The minimum absolute atomic E-state index is 1.19. The summed E-state index contributed by atoms with van der Waals surface area (Å²) in [6.07, 6.45) is 0. The Morgan fingerprint density at radius 3 is 2.42 bits per heavy atom. The van der Waals surface area contributed by atoms with E-state index in [9.17, 15) is 0 Å². The summed E-state index contributed by atoms with van der Waals surface area (Å²) in [6.45, 7) is 4.77. The third kappa shape index (κ3) is 1.76. The van der Waals surface area contributed by atoms with Gasteiger partial charge in [-0.2, -0.15) is 0 Å². The molecule has 1 saturated heterocycles. The highest BCUT2D eigenvalue weighted by Crippen LogP contribution is 1.95. The van der Waals surface area contributed by atoms with Crippen LogP contribution >= 0.6 is 22.7 Å². The topological polar surface area (TPSA) is 6.25 Å². The van der Waals surface area contributed by atoms with Crippen molar-refractivity contribution < 1.29 is 0 Å². The predicted octanol–water partition coefficient (Wildman–Crippen LogP) is 0.527. The second-order valence-corrected chi connectivity index (χ2v) is 5.11. The van der Waals surface area contributed by atoms with Gasteiger partial charge >= 0.3 is 3.98 Å². The van der Waals surface area contributed by atoms with E-state index in [1.54, 1.807) is 0 Å². The van der Waals surface area contributed by atoms with Gasteiger partial charge in [-0.3, -0.25) is 4.90 Å². The largest absolute Gasteiger partial charge is 0.313 e. The van der Waals surface area contributed by atoms with Gasteiger partial charge in [0.2, 0.25) is 0 Å². The summed E-state index contributed by atoms with van der Waals surface area (Å²) >= 11 is 3.71. The number of likely N-dealkylation sites (N-methyl/N-ethyl adjacent to an activating group) is 1. The van der Waals surface area contributed by atoms with Gasteiger partial charge in [0.25, 0.3) is 0 Å². The fourth-order valence-electron chi connectivity index (χ4n) is 1.34. The van der Waals surface area contributed by atoms with E-state index in [-0.39, 0.29) is 0 Å². The van der Waals surface area contributed by atoms with Crippen LogP contribution in [0.25, 0.3) is 0 Å². The Bertz CT molecular complexity index is 286. The van der Waals surface area contributed by atoms with E-state index in [1.807, 2.05) is 22.7 Å². The monoisotopic (exact) mass is 201 g/mol. The maximum atomic E-state index is 2.48. The molecule has 0 unspecified atom stereocenters. The van der Waals surface area contributed by atoms with Crippen molar-refractivity contribution >= 4 is 22.7 Å². The Morgan fingerprint density at radius 2 is 1.83 bits per heavy atom. The molecule has 2 heterocycles. The maximum absolute atomic E-state index is 2.48. The molecule has 1 aromatic rings. The first-order valence-corrected chi connectivity index (χ1v) is 5.91. The molecular weight excluding hydrogens is 188 g/mol. The zero-order valence-corrected chi connectivity index (χ0v) is 8.83. The van der Waals surface area contributed by atoms with Crippen LogP contribution in [0.1, 0.15) is 0 Å². The van der Waals surface area contributed by atoms with E-state index in [0.29, 0.717) is 0 Å². The summed E-state index contributed by atoms with van der Waals surface area (Å²) in [5.74, 6) is 0. The highest BCUT2D eigenvalue weighted by molar-refractivity contribution is 7.24. The molecule has 66 valence electrons. The molecule has 1 aliphatic heterocycles. The van der Waals surface area contributed by atoms with Gasteiger partial charge in [-0.1, -0.05) is 22.7 Å². The van der Waals surface area contributed by atoms with Gasteiger partial charge in [-0.05, 0) is 7.05 Å². The summed E-state index contributed by atoms with van der Waals surface area (Å²) in [6, 6.07) is 0. The molecule has 2 rings (SSSR count). The van der Waals surface area contributed by atoms with Crippen LogP contribution in [0.15, 0.2) is 10.8 Å². The second kappa shape index (κ2) is 3.68. The normalized spacial score (nSPS) is 19.9. The number of hydrogen-bond acceptors (Lipinski definition) is 3. The molecule has 0 amide bonds. The molecule has 1 aliphatic rings. The molecule has 0 aliphatic carbocycles. The minimum atomic E-state index is 1.19. The standard InChI is InChI=1S/C8H13N2S2/c1-9-2-4-10(5-3-9)8-11-6-7-12-8/h6-7H,2-5H2,1H3/q+1. The summed E-state index contributed by atoms with van der Waals surface area (Å²) in [5, 5.41) is 4.33. The Labute approximate surface area is 80.4 Å². The van der Waals surface area contributed by atoms with Crippen LogP contribution in [0.2, 0.25) is 0 Å². The molecule has 0 N–H and O–H groups in total. The Hall–Kier alpha value is -0.190. The van der Waals surface area contributed by atoms with E-state index in [0.717, 1.165) is 0 Å². The average molecular weight is 201 g/mol. The number of hydrogen-bond donors (Lipinski definition) is 0. The van der Waals surface area contributed by atoms with Crippen LogP contribution in [0.4, 0.5) is 0 Å². The first-order valence-electron chi connectivity index (χ1n) is 4.15. The van der Waals surface area contributed by atoms with E-state index in [2.05, 4.69) is 27.3 Å². The molecule has 1 aromatic heterocycles. The Balaban J connectivity index is 2.22. The number of rotatable bonds is 0. The maximum Gasteiger partial charge on any atom is 0.313 e. The van der Waals surface area contributed by atoms with Gasteiger partial charge in [0.1, 0.15) is 0 Å². The lowest BCUT2D eigenvalue weighted by Gasteiger charge is -2.19. The molecule has 0 bridgehead atoms. The summed E-state index contributed by atoms with van der Waals surface area (Å²) in [5.41, 5.74) is 0. The smallest absolute Gasteiger partial charge is 0.294 e. The van der Waals surface area contributed by atoms with Gasteiger partial charge in [-0.25, -0.2) is 4.58 Å². The van der Waals surface area contributed by atoms with Gasteiger partial charge in [-0.15, -0.1) is 0 Å². The van der Waals surface area contributed by atoms with Crippen molar-refractivity contribution in [2.45, 2.75) is 0 Å². The molecular formula is C8H13N2S2+. The third-order valence-electron chi connectivity index (χ3n) is 2.15. The molecule has 4 heteroatoms. The summed E-state index contributed by atoms with van der Waals surface area (Å²) in [7, 11) is 2.19. The highest BCUT2D eigenvalue weighted by Gasteiger charge is 2.15. The summed E-state index contributed by atoms with van der Waals surface area (Å²) in [4.78, 5) is 2.38. The lowest BCUT2D eigenvalue weighted by molar-refractivity contribution is 0.269. The minimum Gasteiger partial charge on any atom is -0.294 e. The van der Waals surface area contributed by atoms with Crippen molar-refractivity contribution in [2.75, 3.05) is 33.2 Å². The number of nitrogens with zero attached hydrogens (tertiary/aromatic N) is 2. The fourth-order valence-corrected chi connectivity index (χ4v) is 3.23. The van der Waals surface area contributed by atoms with Crippen molar-refractivity contribution in [3.63, 3.8) is 0 Å². The predicted molar refractivity (Wildman–Crippen MR) is 54.7 cm³/mol. The van der Waals surface area contributed by atoms with Gasteiger partial charge in [0.05, 0.1) is 13.1 Å². The third-order valence-corrected chi connectivity index (χ3v) is 4.37. The fraction of sp³-hybridized carbons (Fsp3) is 0.625.